The molecule has 1 fully saturated rings. The minimum Gasteiger partial charge on any atom is -0.380 e. The topological polar surface area (TPSA) is 64.3 Å². The van der Waals surface area contributed by atoms with Crippen LogP contribution in [0.4, 0.5) is 0 Å². The molecule has 4 nitrogen and oxygen atoms in total. The fourth-order valence-corrected chi connectivity index (χ4v) is 3.03. The average Bonchev–Trinajstić information content (AvgIpc) is 2.42. The van der Waals surface area contributed by atoms with E-state index < -0.39 is 0 Å². The molecule has 0 aromatic carbocycles. The number of amides is 1. The molecule has 1 atom stereocenters. The zero-order valence-corrected chi connectivity index (χ0v) is 13.6. The highest BCUT2D eigenvalue weighted by molar-refractivity contribution is 5.76. The number of nitrogens with one attached hydrogen (secondary N) is 1. The van der Waals surface area contributed by atoms with E-state index in [1.165, 1.54) is 25.7 Å². The van der Waals surface area contributed by atoms with Gasteiger partial charge in [0.25, 0.3) is 0 Å². The van der Waals surface area contributed by atoms with Crippen LogP contribution in [0.1, 0.15) is 52.9 Å². The van der Waals surface area contributed by atoms with E-state index in [1.54, 1.807) is 7.11 Å². The first-order valence-electron chi connectivity index (χ1n) is 7.86. The van der Waals surface area contributed by atoms with Gasteiger partial charge in [-0.2, -0.15) is 0 Å². The molecule has 0 bridgehead atoms. The minimum absolute atomic E-state index is 0.0558. The first-order chi connectivity index (χ1) is 9.36. The van der Waals surface area contributed by atoms with Gasteiger partial charge in [-0.1, -0.05) is 20.8 Å². The third-order valence-corrected chi connectivity index (χ3v) is 4.67. The fraction of sp³-hybridized carbons (Fsp3) is 0.938. The molecular formula is C16H32N2O2. The maximum atomic E-state index is 11.8. The molecule has 0 aromatic heterocycles. The Morgan fingerprint density at radius 3 is 2.35 bits per heavy atom. The van der Waals surface area contributed by atoms with Gasteiger partial charge in [0.05, 0.1) is 12.5 Å². The SMILES string of the molecule is COC(CN)CC(=O)NCC1CCC(C(C)(C)C)CC1. The van der Waals surface area contributed by atoms with E-state index in [2.05, 4.69) is 26.1 Å². The van der Waals surface area contributed by atoms with Crippen LogP contribution in [0.15, 0.2) is 0 Å². The molecule has 0 aliphatic heterocycles. The van der Waals surface area contributed by atoms with Gasteiger partial charge in [0.1, 0.15) is 0 Å². The molecule has 3 N–H and O–H groups in total. The van der Waals surface area contributed by atoms with Crippen LogP contribution in [0.2, 0.25) is 0 Å². The Balaban J connectivity index is 2.23. The molecule has 0 aromatic rings. The number of nitrogens with two attached hydrogens (primary N) is 1. The Hall–Kier alpha value is -0.610. The van der Waals surface area contributed by atoms with Gasteiger partial charge in [0.15, 0.2) is 0 Å². The van der Waals surface area contributed by atoms with Crippen molar-refractivity contribution in [2.75, 3.05) is 20.2 Å². The summed E-state index contributed by atoms with van der Waals surface area (Å²) in [6, 6.07) is 0. The van der Waals surface area contributed by atoms with Crippen molar-refractivity contribution in [3.8, 4) is 0 Å². The highest BCUT2D eigenvalue weighted by Gasteiger charge is 2.29. The summed E-state index contributed by atoms with van der Waals surface area (Å²) in [5.74, 6) is 1.52. The Kier molecular flexibility index (Phi) is 6.96. The number of methoxy groups -OCH3 is 1. The van der Waals surface area contributed by atoms with Crippen LogP contribution in [-0.2, 0) is 9.53 Å². The quantitative estimate of drug-likeness (QED) is 0.786. The maximum Gasteiger partial charge on any atom is 0.222 e. The summed E-state index contributed by atoms with van der Waals surface area (Å²) < 4.78 is 5.13. The Morgan fingerprint density at radius 2 is 1.90 bits per heavy atom. The zero-order valence-electron chi connectivity index (χ0n) is 13.6. The predicted octanol–water partition coefficient (Wildman–Crippen LogP) is 2.32. The monoisotopic (exact) mass is 284 g/mol. The minimum atomic E-state index is -0.161. The lowest BCUT2D eigenvalue weighted by atomic mass is 9.70. The van der Waals surface area contributed by atoms with Gasteiger partial charge in [0, 0.05) is 20.2 Å². The maximum absolute atomic E-state index is 11.8. The second-order valence-electron chi connectivity index (χ2n) is 7.19. The molecule has 0 radical (unpaired) electrons. The van der Waals surface area contributed by atoms with Crippen molar-refractivity contribution < 1.29 is 9.53 Å². The van der Waals surface area contributed by atoms with E-state index in [0.717, 1.165) is 12.5 Å². The van der Waals surface area contributed by atoms with Crippen LogP contribution in [0, 0.1) is 17.3 Å². The number of carbonyl (C=O) groups excluding carboxylic acids is 1. The van der Waals surface area contributed by atoms with Crippen molar-refractivity contribution >= 4 is 5.91 Å². The molecule has 1 saturated carbocycles. The molecule has 0 spiro atoms. The van der Waals surface area contributed by atoms with Crippen LogP contribution in [0.3, 0.4) is 0 Å². The second-order valence-corrected chi connectivity index (χ2v) is 7.19. The lowest BCUT2D eigenvalue weighted by molar-refractivity contribution is -0.123. The lowest BCUT2D eigenvalue weighted by Gasteiger charge is -2.37. The van der Waals surface area contributed by atoms with E-state index >= 15 is 0 Å². The average molecular weight is 284 g/mol. The van der Waals surface area contributed by atoms with Gasteiger partial charge in [-0.15, -0.1) is 0 Å². The number of carbonyl (C=O) groups is 1. The van der Waals surface area contributed by atoms with Gasteiger partial charge < -0.3 is 15.8 Å². The Labute approximate surface area is 123 Å². The first kappa shape index (κ1) is 17.4. The smallest absolute Gasteiger partial charge is 0.222 e. The van der Waals surface area contributed by atoms with Crippen molar-refractivity contribution in [3.63, 3.8) is 0 Å². The van der Waals surface area contributed by atoms with E-state index in [4.69, 9.17) is 10.5 Å². The van der Waals surface area contributed by atoms with Gasteiger partial charge in [0.2, 0.25) is 5.91 Å². The van der Waals surface area contributed by atoms with Crippen LogP contribution < -0.4 is 11.1 Å². The highest BCUT2D eigenvalue weighted by atomic mass is 16.5. The molecule has 0 heterocycles. The van der Waals surface area contributed by atoms with Gasteiger partial charge in [-0.25, -0.2) is 0 Å². The van der Waals surface area contributed by atoms with Crippen molar-refractivity contribution in [2.24, 2.45) is 23.0 Å². The summed E-state index contributed by atoms with van der Waals surface area (Å²) in [5.41, 5.74) is 5.94. The second kappa shape index (κ2) is 7.99. The van der Waals surface area contributed by atoms with Crippen molar-refractivity contribution in [1.29, 1.82) is 0 Å². The normalized spacial score (nSPS) is 25.2. The molecule has 1 aliphatic rings. The van der Waals surface area contributed by atoms with E-state index in [0.29, 0.717) is 24.3 Å². The third-order valence-electron chi connectivity index (χ3n) is 4.67. The summed E-state index contributed by atoms with van der Waals surface area (Å²) in [6.07, 6.45) is 5.23. The number of hydrogen-bond donors (Lipinski definition) is 2. The van der Waals surface area contributed by atoms with E-state index in [1.807, 2.05) is 0 Å². The summed E-state index contributed by atoms with van der Waals surface area (Å²) in [7, 11) is 1.60. The van der Waals surface area contributed by atoms with Crippen LogP contribution in [0.5, 0.6) is 0 Å². The van der Waals surface area contributed by atoms with Gasteiger partial charge in [-0.05, 0) is 42.9 Å². The largest absolute Gasteiger partial charge is 0.380 e. The fourth-order valence-electron chi connectivity index (χ4n) is 3.03. The molecular weight excluding hydrogens is 252 g/mol. The molecule has 1 rings (SSSR count). The number of ether oxygens (including phenoxy) is 1. The molecule has 4 heteroatoms. The summed E-state index contributed by atoms with van der Waals surface area (Å²) in [5, 5.41) is 3.03. The van der Waals surface area contributed by atoms with Gasteiger partial charge >= 0.3 is 0 Å². The molecule has 0 saturated heterocycles. The van der Waals surface area contributed by atoms with Gasteiger partial charge in [-0.3, -0.25) is 4.79 Å². The molecule has 1 amide bonds. The zero-order chi connectivity index (χ0) is 15.2. The summed E-state index contributed by atoms with van der Waals surface area (Å²) in [4.78, 5) is 11.8. The standard InChI is InChI=1S/C16H32N2O2/c1-16(2,3)13-7-5-12(6-8-13)11-18-15(19)9-14(10-17)20-4/h12-14H,5-11,17H2,1-4H3,(H,18,19). The summed E-state index contributed by atoms with van der Waals surface area (Å²) >= 11 is 0. The van der Waals surface area contributed by atoms with E-state index in [9.17, 15) is 4.79 Å². The molecule has 1 unspecified atom stereocenters. The summed E-state index contributed by atoms with van der Waals surface area (Å²) in [6.45, 7) is 8.18. The molecule has 20 heavy (non-hydrogen) atoms. The lowest BCUT2D eigenvalue weighted by Crippen LogP contribution is -2.36. The third kappa shape index (κ3) is 5.80. The van der Waals surface area contributed by atoms with Crippen LogP contribution in [0.25, 0.3) is 0 Å². The number of hydrogen-bond acceptors (Lipinski definition) is 3. The van der Waals surface area contributed by atoms with Crippen molar-refractivity contribution in [2.45, 2.75) is 59.0 Å². The predicted molar refractivity (Wildman–Crippen MR) is 82.4 cm³/mol. The number of rotatable bonds is 6. The molecule has 118 valence electrons. The first-order valence-corrected chi connectivity index (χ1v) is 7.86. The Bertz CT molecular complexity index is 287. The van der Waals surface area contributed by atoms with Crippen LogP contribution in [-0.4, -0.2) is 32.2 Å². The molecule has 1 aliphatic carbocycles. The van der Waals surface area contributed by atoms with Crippen LogP contribution >= 0.6 is 0 Å². The van der Waals surface area contributed by atoms with Crippen molar-refractivity contribution in [1.82, 2.24) is 5.32 Å². The van der Waals surface area contributed by atoms with Crippen molar-refractivity contribution in [3.05, 3.63) is 0 Å². The highest BCUT2D eigenvalue weighted by Crippen LogP contribution is 2.39. The Morgan fingerprint density at radius 1 is 1.30 bits per heavy atom. The van der Waals surface area contributed by atoms with E-state index in [-0.39, 0.29) is 12.0 Å².